The van der Waals surface area contributed by atoms with Gasteiger partial charge in [-0.15, -0.1) is 0 Å². The Balaban J connectivity index is 2.18. The van der Waals surface area contributed by atoms with E-state index in [9.17, 15) is 8.78 Å². The van der Waals surface area contributed by atoms with Crippen molar-refractivity contribution in [1.82, 2.24) is 4.98 Å². The highest BCUT2D eigenvalue weighted by atomic mass is 32.1. The van der Waals surface area contributed by atoms with Crippen LogP contribution in [0.25, 0.3) is 0 Å². The number of thiocarbonyl (C=S) groups is 1. The van der Waals surface area contributed by atoms with Crippen molar-refractivity contribution in [3.05, 3.63) is 53.7 Å². The average Bonchev–Trinajstić information content (AvgIpc) is 2.34. The van der Waals surface area contributed by atoms with E-state index in [-0.39, 0.29) is 16.6 Å². The van der Waals surface area contributed by atoms with Crippen molar-refractivity contribution < 1.29 is 13.5 Å². The molecule has 3 nitrogen and oxygen atoms in total. The Morgan fingerprint density at radius 3 is 2.50 bits per heavy atom. The SMILES string of the molecule is NC(=S)c1ccc(Oc2ccc(F)c(F)c2)nc1. The molecule has 92 valence electrons. The quantitative estimate of drug-likeness (QED) is 0.868. The van der Waals surface area contributed by atoms with Gasteiger partial charge in [0.25, 0.3) is 0 Å². The van der Waals surface area contributed by atoms with Crippen LogP contribution in [0, 0.1) is 11.6 Å². The van der Waals surface area contributed by atoms with Crippen molar-refractivity contribution >= 4 is 17.2 Å². The summed E-state index contributed by atoms with van der Waals surface area (Å²) in [5, 5.41) is 0. The fourth-order valence-electron chi connectivity index (χ4n) is 1.25. The zero-order chi connectivity index (χ0) is 13.1. The lowest BCUT2D eigenvalue weighted by atomic mass is 10.3. The summed E-state index contributed by atoms with van der Waals surface area (Å²) in [7, 11) is 0. The second-order valence-electron chi connectivity index (χ2n) is 3.43. The molecule has 0 aliphatic heterocycles. The molecular weight excluding hydrogens is 258 g/mol. The van der Waals surface area contributed by atoms with Gasteiger partial charge in [-0.05, 0) is 18.2 Å². The van der Waals surface area contributed by atoms with E-state index in [1.165, 1.54) is 18.3 Å². The van der Waals surface area contributed by atoms with Gasteiger partial charge in [0.1, 0.15) is 10.7 Å². The summed E-state index contributed by atoms with van der Waals surface area (Å²) < 4.78 is 30.9. The molecule has 18 heavy (non-hydrogen) atoms. The minimum Gasteiger partial charge on any atom is -0.439 e. The molecule has 1 heterocycles. The number of nitrogens with zero attached hydrogens (tertiary/aromatic N) is 1. The van der Waals surface area contributed by atoms with Crippen LogP contribution in [0.15, 0.2) is 36.5 Å². The molecule has 0 aliphatic rings. The Kier molecular flexibility index (Phi) is 3.47. The van der Waals surface area contributed by atoms with Gasteiger partial charge in [-0.3, -0.25) is 0 Å². The zero-order valence-corrected chi connectivity index (χ0v) is 9.88. The average molecular weight is 266 g/mol. The van der Waals surface area contributed by atoms with Gasteiger partial charge < -0.3 is 10.5 Å². The smallest absolute Gasteiger partial charge is 0.219 e. The molecule has 0 saturated heterocycles. The Bertz CT molecular complexity index is 587. The van der Waals surface area contributed by atoms with Crippen LogP contribution in [0.3, 0.4) is 0 Å². The van der Waals surface area contributed by atoms with E-state index in [2.05, 4.69) is 4.98 Å². The number of nitrogens with two attached hydrogens (primary N) is 1. The molecule has 0 spiro atoms. The number of pyridine rings is 1. The molecule has 0 fully saturated rings. The van der Waals surface area contributed by atoms with Crippen molar-refractivity contribution in [3.8, 4) is 11.6 Å². The van der Waals surface area contributed by atoms with Gasteiger partial charge in [0.2, 0.25) is 5.88 Å². The summed E-state index contributed by atoms with van der Waals surface area (Å²) in [6.45, 7) is 0. The maximum absolute atomic E-state index is 12.9. The second-order valence-corrected chi connectivity index (χ2v) is 3.87. The van der Waals surface area contributed by atoms with Crippen molar-refractivity contribution in [3.63, 3.8) is 0 Å². The van der Waals surface area contributed by atoms with Crippen LogP contribution in [0.1, 0.15) is 5.56 Å². The van der Waals surface area contributed by atoms with Crippen LogP contribution >= 0.6 is 12.2 Å². The van der Waals surface area contributed by atoms with Gasteiger partial charge >= 0.3 is 0 Å². The molecule has 0 radical (unpaired) electrons. The van der Waals surface area contributed by atoms with E-state index >= 15 is 0 Å². The van der Waals surface area contributed by atoms with Crippen molar-refractivity contribution in [1.29, 1.82) is 0 Å². The molecule has 0 aliphatic carbocycles. The van der Waals surface area contributed by atoms with E-state index < -0.39 is 11.6 Å². The predicted octanol–water partition coefficient (Wildman–Crippen LogP) is 2.79. The van der Waals surface area contributed by atoms with Crippen LogP contribution in [-0.4, -0.2) is 9.97 Å². The molecule has 2 rings (SSSR count). The summed E-state index contributed by atoms with van der Waals surface area (Å²) >= 11 is 4.77. The number of rotatable bonds is 3. The molecule has 1 aromatic heterocycles. The molecule has 0 saturated carbocycles. The minimum absolute atomic E-state index is 0.157. The standard InChI is InChI=1S/C12H8F2N2OS/c13-9-3-2-8(5-10(9)14)17-11-4-1-7(6-16-11)12(15)18/h1-6H,(H2,15,18). The lowest BCUT2D eigenvalue weighted by Gasteiger charge is -2.05. The summed E-state index contributed by atoms with van der Waals surface area (Å²) in [6.07, 6.45) is 1.44. The van der Waals surface area contributed by atoms with Gasteiger partial charge in [0.05, 0.1) is 0 Å². The molecule has 2 N–H and O–H groups in total. The fraction of sp³-hybridized carbons (Fsp3) is 0. The highest BCUT2D eigenvalue weighted by molar-refractivity contribution is 7.80. The number of ether oxygens (including phenoxy) is 1. The van der Waals surface area contributed by atoms with Crippen LogP contribution in [-0.2, 0) is 0 Å². The van der Waals surface area contributed by atoms with E-state index in [1.54, 1.807) is 6.07 Å². The van der Waals surface area contributed by atoms with Gasteiger partial charge in [0.15, 0.2) is 11.6 Å². The monoisotopic (exact) mass is 266 g/mol. The van der Waals surface area contributed by atoms with Crippen LogP contribution in [0.5, 0.6) is 11.6 Å². The lowest BCUT2D eigenvalue weighted by Crippen LogP contribution is -2.09. The third-order valence-electron chi connectivity index (χ3n) is 2.13. The van der Waals surface area contributed by atoms with E-state index in [0.717, 1.165) is 12.1 Å². The third kappa shape index (κ3) is 2.78. The maximum atomic E-state index is 12.9. The van der Waals surface area contributed by atoms with E-state index in [0.29, 0.717) is 5.56 Å². The summed E-state index contributed by atoms with van der Waals surface area (Å²) in [6, 6.07) is 6.40. The minimum atomic E-state index is -0.979. The maximum Gasteiger partial charge on any atom is 0.219 e. The second kappa shape index (κ2) is 5.05. The van der Waals surface area contributed by atoms with Crippen molar-refractivity contribution in [2.45, 2.75) is 0 Å². The van der Waals surface area contributed by atoms with Gasteiger partial charge in [-0.25, -0.2) is 13.8 Å². The highest BCUT2D eigenvalue weighted by Gasteiger charge is 2.05. The van der Waals surface area contributed by atoms with E-state index in [1.807, 2.05) is 0 Å². The Morgan fingerprint density at radius 1 is 1.17 bits per heavy atom. The van der Waals surface area contributed by atoms with Crippen molar-refractivity contribution in [2.75, 3.05) is 0 Å². The highest BCUT2D eigenvalue weighted by Crippen LogP contribution is 2.21. The molecule has 0 atom stereocenters. The zero-order valence-electron chi connectivity index (χ0n) is 9.06. The molecule has 0 unspecified atom stereocenters. The van der Waals surface area contributed by atoms with Crippen LogP contribution in [0.4, 0.5) is 8.78 Å². The number of hydrogen-bond donors (Lipinski definition) is 1. The summed E-state index contributed by atoms with van der Waals surface area (Å²) in [4.78, 5) is 4.17. The molecule has 6 heteroatoms. The van der Waals surface area contributed by atoms with Crippen LogP contribution in [0.2, 0.25) is 0 Å². The number of hydrogen-bond acceptors (Lipinski definition) is 3. The Labute approximate surface area is 107 Å². The molecule has 2 aromatic rings. The number of aromatic nitrogens is 1. The largest absolute Gasteiger partial charge is 0.439 e. The third-order valence-corrected chi connectivity index (χ3v) is 2.37. The Hall–Kier alpha value is -2.08. The Morgan fingerprint density at radius 2 is 1.94 bits per heavy atom. The molecule has 0 amide bonds. The first kappa shape index (κ1) is 12.4. The normalized spacial score (nSPS) is 10.1. The topological polar surface area (TPSA) is 48.1 Å². The van der Waals surface area contributed by atoms with Gasteiger partial charge in [0, 0.05) is 23.9 Å². The first-order valence-corrected chi connectivity index (χ1v) is 5.36. The molecule has 0 bridgehead atoms. The number of benzene rings is 1. The van der Waals surface area contributed by atoms with Crippen LogP contribution < -0.4 is 10.5 Å². The van der Waals surface area contributed by atoms with Crippen molar-refractivity contribution in [2.24, 2.45) is 5.73 Å². The fourth-order valence-corrected chi connectivity index (χ4v) is 1.37. The number of halogens is 2. The van der Waals surface area contributed by atoms with Gasteiger partial charge in [-0.2, -0.15) is 0 Å². The molecule has 1 aromatic carbocycles. The predicted molar refractivity (Wildman–Crippen MR) is 66.6 cm³/mol. The summed E-state index contributed by atoms with van der Waals surface area (Å²) in [5.74, 6) is -1.52. The first-order valence-electron chi connectivity index (χ1n) is 4.95. The molecular formula is C12H8F2N2OS. The lowest BCUT2D eigenvalue weighted by molar-refractivity contribution is 0.447. The summed E-state index contributed by atoms with van der Waals surface area (Å²) in [5.41, 5.74) is 6.01. The first-order chi connectivity index (χ1) is 8.56. The van der Waals surface area contributed by atoms with Gasteiger partial charge in [-0.1, -0.05) is 12.2 Å². The van der Waals surface area contributed by atoms with E-state index in [4.69, 9.17) is 22.7 Å².